The molecule has 0 radical (unpaired) electrons. The number of hydrogen-bond donors (Lipinski definition) is 1. The fourth-order valence-electron chi connectivity index (χ4n) is 2.22. The van der Waals surface area contributed by atoms with E-state index in [1.165, 1.54) is 6.07 Å². The van der Waals surface area contributed by atoms with Crippen molar-refractivity contribution in [2.75, 3.05) is 5.75 Å². The molecule has 126 valence electrons. The molecule has 2 aromatic carbocycles. The molecule has 5 heteroatoms. The molecule has 0 atom stereocenters. The fourth-order valence-corrected chi connectivity index (χ4v) is 2.87. The average Bonchev–Trinajstić information content (AvgIpc) is 2.54. The highest BCUT2D eigenvalue weighted by atomic mass is 32.2. The molecule has 0 bridgehead atoms. The molecule has 0 aliphatic heterocycles. The number of thioether (sulfide) groups is 1. The second-order valence-corrected chi connectivity index (χ2v) is 6.77. The summed E-state index contributed by atoms with van der Waals surface area (Å²) < 4.78 is 13.8. The molecule has 0 spiro atoms. The molecule has 1 N–H and O–H groups in total. The molecule has 0 aliphatic rings. The molecule has 24 heavy (non-hydrogen) atoms. The summed E-state index contributed by atoms with van der Waals surface area (Å²) in [5, 5.41) is 2.68. The number of hydrogen-bond acceptors (Lipinski definition) is 3. The minimum Gasteiger partial charge on any atom is -0.353 e. The number of nitrogens with one attached hydrogen (secondary N) is 1. The highest BCUT2D eigenvalue weighted by molar-refractivity contribution is 8.14. The van der Waals surface area contributed by atoms with Crippen LogP contribution in [0.15, 0.2) is 48.5 Å². The minimum absolute atomic E-state index is 0.0625. The Kier molecular flexibility index (Phi) is 6.55. The van der Waals surface area contributed by atoms with Crippen molar-refractivity contribution in [2.24, 2.45) is 0 Å². The predicted octanol–water partition coefficient (Wildman–Crippen LogP) is 3.82. The first-order valence-electron chi connectivity index (χ1n) is 7.74. The van der Waals surface area contributed by atoms with Gasteiger partial charge in [-0.2, -0.15) is 0 Å². The Hall–Kier alpha value is -2.14. The SMILES string of the molecule is CC(C)NC(=O)CSC(=O)Cc1ccc(-c2ccccc2F)cc1. The molecule has 0 aromatic heterocycles. The summed E-state index contributed by atoms with van der Waals surface area (Å²) >= 11 is 1.01. The average molecular weight is 345 g/mol. The van der Waals surface area contributed by atoms with E-state index in [9.17, 15) is 14.0 Å². The third-order valence-corrected chi connectivity index (χ3v) is 4.17. The van der Waals surface area contributed by atoms with Crippen LogP contribution in [0, 0.1) is 5.82 Å². The molecular formula is C19H20FNO2S. The van der Waals surface area contributed by atoms with E-state index in [1.54, 1.807) is 30.3 Å². The molecule has 2 rings (SSSR count). The van der Waals surface area contributed by atoms with E-state index >= 15 is 0 Å². The molecule has 0 aliphatic carbocycles. The Bertz CT molecular complexity index is 714. The van der Waals surface area contributed by atoms with E-state index in [2.05, 4.69) is 5.32 Å². The summed E-state index contributed by atoms with van der Waals surface area (Å²) in [5.74, 6) is -0.282. The third-order valence-electron chi connectivity index (χ3n) is 3.30. The van der Waals surface area contributed by atoms with Crippen LogP contribution in [0.4, 0.5) is 4.39 Å². The van der Waals surface area contributed by atoms with Crippen molar-refractivity contribution in [3.8, 4) is 11.1 Å². The molecule has 2 aromatic rings. The van der Waals surface area contributed by atoms with Crippen molar-refractivity contribution in [3.63, 3.8) is 0 Å². The van der Waals surface area contributed by atoms with Crippen LogP contribution in [0.3, 0.4) is 0 Å². The van der Waals surface area contributed by atoms with E-state index in [1.807, 2.05) is 26.0 Å². The highest BCUT2D eigenvalue weighted by Gasteiger charge is 2.10. The normalized spacial score (nSPS) is 10.7. The molecule has 0 saturated carbocycles. The second-order valence-electron chi connectivity index (χ2n) is 5.74. The Morgan fingerprint density at radius 3 is 2.38 bits per heavy atom. The van der Waals surface area contributed by atoms with Gasteiger partial charge < -0.3 is 5.32 Å². The lowest BCUT2D eigenvalue weighted by Gasteiger charge is -2.08. The number of halogens is 1. The largest absolute Gasteiger partial charge is 0.353 e. The van der Waals surface area contributed by atoms with E-state index < -0.39 is 0 Å². The van der Waals surface area contributed by atoms with Gasteiger partial charge in [0.05, 0.1) is 5.75 Å². The lowest BCUT2D eigenvalue weighted by atomic mass is 10.0. The quantitative estimate of drug-likeness (QED) is 0.866. The standard InChI is InChI=1S/C19H20FNO2S/c1-13(2)21-18(22)12-24-19(23)11-14-7-9-15(10-8-14)16-5-3-4-6-17(16)20/h3-10,13H,11-12H2,1-2H3,(H,21,22). The van der Waals surface area contributed by atoms with Gasteiger partial charge in [0.15, 0.2) is 5.12 Å². The maximum Gasteiger partial charge on any atom is 0.230 e. The van der Waals surface area contributed by atoms with Gasteiger partial charge in [-0.25, -0.2) is 4.39 Å². The number of carbonyl (C=O) groups excluding carboxylic acids is 2. The van der Waals surface area contributed by atoms with Crippen molar-refractivity contribution in [1.29, 1.82) is 0 Å². The highest BCUT2D eigenvalue weighted by Crippen LogP contribution is 2.23. The molecule has 3 nitrogen and oxygen atoms in total. The molecule has 0 unspecified atom stereocenters. The molecule has 1 amide bonds. The van der Waals surface area contributed by atoms with Gasteiger partial charge in [0, 0.05) is 18.0 Å². The van der Waals surface area contributed by atoms with E-state index in [0.29, 0.717) is 5.56 Å². The maximum absolute atomic E-state index is 13.8. The van der Waals surface area contributed by atoms with Crippen molar-refractivity contribution in [2.45, 2.75) is 26.3 Å². The van der Waals surface area contributed by atoms with Gasteiger partial charge in [0.1, 0.15) is 5.82 Å². The second kappa shape index (κ2) is 8.64. The van der Waals surface area contributed by atoms with Gasteiger partial charge in [-0.15, -0.1) is 0 Å². The Balaban J connectivity index is 1.91. The van der Waals surface area contributed by atoms with Crippen LogP contribution in [-0.2, 0) is 16.0 Å². The first kappa shape index (κ1) is 18.2. The van der Waals surface area contributed by atoms with Gasteiger partial charge in [-0.05, 0) is 31.0 Å². The van der Waals surface area contributed by atoms with Crippen molar-refractivity contribution in [3.05, 3.63) is 59.9 Å². The van der Waals surface area contributed by atoms with E-state index in [0.717, 1.165) is 22.9 Å². The summed E-state index contributed by atoms with van der Waals surface area (Å²) in [6.07, 6.45) is 0.247. The van der Waals surface area contributed by atoms with Crippen LogP contribution >= 0.6 is 11.8 Å². The monoisotopic (exact) mass is 345 g/mol. The van der Waals surface area contributed by atoms with Gasteiger partial charge in [-0.3, -0.25) is 9.59 Å². The number of benzene rings is 2. The van der Waals surface area contributed by atoms with E-state index in [-0.39, 0.29) is 35.1 Å². The van der Waals surface area contributed by atoms with Crippen LogP contribution in [0.2, 0.25) is 0 Å². The lowest BCUT2D eigenvalue weighted by molar-refractivity contribution is -0.119. The van der Waals surface area contributed by atoms with Gasteiger partial charge in [0.25, 0.3) is 0 Å². The number of amides is 1. The van der Waals surface area contributed by atoms with E-state index in [4.69, 9.17) is 0 Å². The Labute approximate surface area is 145 Å². The van der Waals surface area contributed by atoms with Crippen molar-refractivity contribution >= 4 is 22.8 Å². The minimum atomic E-state index is -0.270. The van der Waals surface area contributed by atoms with Crippen LogP contribution in [0.5, 0.6) is 0 Å². The zero-order valence-electron chi connectivity index (χ0n) is 13.7. The summed E-state index contributed by atoms with van der Waals surface area (Å²) in [6, 6.07) is 13.9. The summed E-state index contributed by atoms with van der Waals surface area (Å²) in [7, 11) is 0. The van der Waals surface area contributed by atoms with Crippen LogP contribution in [0.1, 0.15) is 19.4 Å². The van der Waals surface area contributed by atoms with Crippen molar-refractivity contribution in [1.82, 2.24) is 5.32 Å². The molecular weight excluding hydrogens is 325 g/mol. The number of rotatable bonds is 6. The van der Waals surface area contributed by atoms with Gasteiger partial charge in [0.2, 0.25) is 5.91 Å². The predicted molar refractivity (Wildman–Crippen MR) is 96.3 cm³/mol. The lowest BCUT2D eigenvalue weighted by Crippen LogP contribution is -2.31. The third kappa shape index (κ3) is 5.49. The van der Waals surface area contributed by atoms with Crippen molar-refractivity contribution < 1.29 is 14.0 Å². The summed E-state index contributed by atoms with van der Waals surface area (Å²) in [5.41, 5.74) is 2.15. The first-order chi connectivity index (χ1) is 11.5. The Morgan fingerprint density at radius 1 is 1.08 bits per heavy atom. The molecule has 0 fully saturated rings. The van der Waals surface area contributed by atoms with Crippen LogP contribution < -0.4 is 5.32 Å². The first-order valence-corrected chi connectivity index (χ1v) is 8.73. The van der Waals surface area contributed by atoms with Gasteiger partial charge >= 0.3 is 0 Å². The maximum atomic E-state index is 13.8. The number of carbonyl (C=O) groups is 2. The zero-order valence-corrected chi connectivity index (χ0v) is 14.5. The molecule has 0 saturated heterocycles. The smallest absolute Gasteiger partial charge is 0.230 e. The summed E-state index contributed by atoms with van der Waals surface area (Å²) in [4.78, 5) is 23.5. The topological polar surface area (TPSA) is 46.2 Å². The molecule has 0 heterocycles. The van der Waals surface area contributed by atoms with Crippen LogP contribution in [0.25, 0.3) is 11.1 Å². The van der Waals surface area contributed by atoms with Gasteiger partial charge in [-0.1, -0.05) is 54.2 Å². The Morgan fingerprint density at radius 2 is 1.75 bits per heavy atom. The van der Waals surface area contributed by atoms with Crippen LogP contribution in [-0.4, -0.2) is 22.8 Å². The fraction of sp³-hybridized carbons (Fsp3) is 0.263. The summed E-state index contributed by atoms with van der Waals surface area (Å²) in [6.45, 7) is 3.75. The zero-order chi connectivity index (χ0) is 17.5.